The van der Waals surface area contributed by atoms with Gasteiger partial charge < -0.3 is 20.6 Å². The molecule has 0 fully saturated rings. The summed E-state index contributed by atoms with van der Waals surface area (Å²) in [5.41, 5.74) is 6.59. The van der Waals surface area contributed by atoms with Gasteiger partial charge in [0.1, 0.15) is 11.6 Å². The number of aliphatic hydroxyl groups excluding tert-OH is 1. The Kier molecular flexibility index (Phi) is 5.26. The van der Waals surface area contributed by atoms with Gasteiger partial charge in [-0.2, -0.15) is 0 Å². The topological polar surface area (TPSA) is 106 Å². The quantitative estimate of drug-likeness (QED) is 0.726. The van der Waals surface area contributed by atoms with E-state index in [0.29, 0.717) is 11.3 Å². The summed E-state index contributed by atoms with van der Waals surface area (Å²) in [6.45, 7) is 1.37. The lowest BCUT2D eigenvalue weighted by atomic mass is 10.1. The highest BCUT2D eigenvalue weighted by Crippen LogP contribution is 2.20. The number of carbonyl (C=O) groups excluding carboxylic acids is 1. The van der Waals surface area contributed by atoms with Crippen LogP contribution in [0.15, 0.2) is 33.5 Å². The first-order valence-electron chi connectivity index (χ1n) is 5.73. The number of rotatable bonds is 3. The van der Waals surface area contributed by atoms with E-state index in [2.05, 4.69) is 5.32 Å². The fraction of sp³-hybridized carbons (Fsp3) is 0.231. The van der Waals surface area contributed by atoms with Crippen LogP contribution in [0.5, 0.6) is 0 Å². The first kappa shape index (κ1) is 16.2. The van der Waals surface area contributed by atoms with Crippen molar-refractivity contribution in [2.24, 2.45) is 5.73 Å². The molecule has 20 heavy (non-hydrogen) atoms. The number of anilines is 1. The fourth-order valence-electron chi connectivity index (χ4n) is 1.72. The van der Waals surface area contributed by atoms with Gasteiger partial charge >= 0.3 is 5.63 Å². The summed E-state index contributed by atoms with van der Waals surface area (Å²) < 4.78 is 5.06. The van der Waals surface area contributed by atoms with E-state index in [0.717, 1.165) is 10.9 Å². The zero-order chi connectivity index (χ0) is 14.0. The van der Waals surface area contributed by atoms with Crippen molar-refractivity contribution in [1.82, 2.24) is 0 Å². The number of halogens is 1. The van der Waals surface area contributed by atoms with E-state index in [9.17, 15) is 9.59 Å². The smallest absolute Gasteiger partial charge is 0.336 e. The molecule has 0 unspecified atom stereocenters. The largest absolute Gasteiger partial charge is 0.423 e. The number of amides is 1. The molecule has 0 aliphatic rings. The van der Waals surface area contributed by atoms with Gasteiger partial charge in [-0.1, -0.05) is 0 Å². The minimum Gasteiger partial charge on any atom is -0.423 e. The van der Waals surface area contributed by atoms with Crippen molar-refractivity contribution in [3.8, 4) is 0 Å². The Morgan fingerprint density at radius 3 is 2.80 bits per heavy atom. The predicted octanol–water partition coefficient (Wildman–Crippen LogP) is 0.781. The van der Waals surface area contributed by atoms with Crippen molar-refractivity contribution in [2.75, 3.05) is 11.9 Å². The molecule has 1 heterocycles. The maximum absolute atomic E-state index is 11.5. The first-order valence-corrected chi connectivity index (χ1v) is 5.73. The summed E-state index contributed by atoms with van der Waals surface area (Å²) in [5, 5.41) is 12.1. The van der Waals surface area contributed by atoms with Gasteiger partial charge in [0.25, 0.3) is 0 Å². The normalized spacial score (nSPS) is 11.8. The monoisotopic (exact) mass is 298 g/mol. The highest BCUT2D eigenvalue weighted by Gasteiger charge is 2.12. The van der Waals surface area contributed by atoms with Gasteiger partial charge in [-0.3, -0.25) is 4.79 Å². The average molecular weight is 299 g/mol. The van der Waals surface area contributed by atoms with Crippen molar-refractivity contribution >= 4 is 35.0 Å². The minimum atomic E-state index is -0.986. The Morgan fingerprint density at radius 1 is 1.45 bits per heavy atom. The van der Waals surface area contributed by atoms with E-state index in [1.54, 1.807) is 25.1 Å². The van der Waals surface area contributed by atoms with Gasteiger partial charge in [-0.05, 0) is 24.6 Å². The average Bonchev–Trinajstić information content (AvgIpc) is 2.36. The molecule has 0 radical (unpaired) electrons. The van der Waals surface area contributed by atoms with Crippen molar-refractivity contribution < 1.29 is 14.3 Å². The third kappa shape index (κ3) is 3.36. The number of hydrogen-bond acceptors (Lipinski definition) is 5. The molecule has 7 heteroatoms. The van der Waals surface area contributed by atoms with Crippen LogP contribution in [0.1, 0.15) is 5.56 Å². The van der Waals surface area contributed by atoms with Gasteiger partial charge in [0.2, 0.25) is 5.91 Å². The van der Waals surface area contributed by atoms with Crippen molar-refractivity contribution in [3.05, 3.63) is 40.2 Å². The molecule has 1 aromatic heterocycles. The SMILES string of the molecule is Cc1cc(=O)oc2cc(NC(=O)[C@@H](N)CO)ccc12.Cl. The minimum absolute atomic E-state index is 0. The molecule has 1 amide bonds. The molecular formula is C13H15ClN2O4. The van der Waals surface area contributed by atoms with E-state index in [1.165, 1.54) is 6.07 Å². The molecule has 0 aliphatic carbocycles. The third-order valence-electron chi connectivity index (χ3n) is 2.75. The molecule has 2 rings (SSSR count). The third-order valence-corrected chi connectivity index (χ3v) is 2.75. The zero-order valence-corrected chi connectivity index (χ0v) is 11.6. The van der Waals surface area contributed by atoms with Crippen LogP contribution >= 0.6 is 12.4 Å². The maximum Gasteiger partial charge on any atom is 0.336 e. The fourth-order valence-corrected chi connectivity index (χ4v) is 1.72. The summed E-state index contributed by atoms with van der Waals surface area (Å²) in [7, 11) is 0. The van der Waals surface area contributed by atoms with Gasteiger partial charge in [0, 0.05) is 23.2 Å². The standard InChI is InChI=1S/C13H14N2O4.ClH/c1-7-4-12(17)19-11-5-8(2-3-9(7)11)15-13(18)10(14)6-16;/h2-5,10,16H,6,14H2,1H3,(H,15,18);1H/t10-;/m0./s1. The number of nitrogens with one attached hydrogen (secondary N) is 1. The van der Waals surface area contributed by atoms with Crippen LogP contribution in [0.25, 0.3) is 11.0 Å². The molecule has 0 saturated carbocycles. The Balaban J connectivity index is 0.00000200. The van der Waals surface area contributed by atoms with E-state index in [-0.39, 0.29) is 12.4 Å². The number of aryl methyl sites for hydroxylation is 1. The molecular weight excluding hydrogens is 284 g/mol. The number of carbonyl (C=O) groups is 1. The molecule has 1 aromatic carbocycles. The van der Waals surface area contributed by atoms with E-state index in [4.69, 9.17) is 15.3 Å². The number of aliphatic hydroxyl groups is 1. The van der Waals surface area contributed by atoms with Gasteiger partial charge in [-0.25, -0.2) is 4.79 Å². The van der Waals surface area contributed by atoms with Crippen LogP contribution in [-0.4, -0.2) is 23.7 Å². The Morgan fingerprint density at radius 2 is 2.15 bits per heavy atom. The highest BCUT2D eigenvalue weighted by atomic mass is 35.5. The summed E-state index contributed by atoms with van der Waals surface area (Å²) in [5.74, 6) is -0.503. The maximum atomic E-state index is 11.5. The molecule has 108 valence electrons. The lowest BCUT2D eigenvalue weighted by Gasteiger charge is -2.10. The number of benzene rings is 1. The molecule has 2 aromatic rings. The molecule has 0 bridgehead atoms. The van der Waals surface area contributed by atoms with Crippen molar-refractivity contribution in [2.45, 2.75) is 13.0 Å². The Bertz CT molecular complexity index is 684. The number of hydrogen-bond donors (Lipinski definition) is 3. The molecule has 0 spiro atoms. The predicted molar refractivity (Wildman–Crippen MR) is 78.2 cm³/mol. The summed E-state index contributed by atoms with van der Waals surface area (Å²) in [6.07, 6.45) is 0. The van der Waals surface area contributed by atoms with Gasteiger partial charge in [0.15, 0.2) is 0 Å². The Hall–Kier alpha value is -1.89. The molecule has 0 aliphatic heterocycles. The van der Waals surface area contributed by atoms with E-state index >= 15 is 0 Å². The van der Waals surface area contributed by atoms with Crippen LogP contribution in [0.2, 0.25) is 0 Å². The van der Waals surface area contributed by atoms with Crippen LogP contribution in [0.4, 0.5) is 5.69 Å². The second-order valence-corrected chi connectivity index (χ2v) is 4.24. The second-order valence-electron chi connectivity index (χ2n) is 4.24. The summed E-state index contributed by atoms with van der Waals surface area (Å²) in [6, 6.07) is 5.39. The van der Waals surface area contributed by atoms with E-state index < -0.39 is 24.2 Å². The van der Waals surface area contributed by atoms with Gasteiger partial charge in [-0.15, -0.1) is 12.4 Å². The van der Waals surface area contributed by atoms with Gasteiger partial charge in [0.05, 0.1) is 6.61 Å². The molecule has 1 atom stereocenters. The lowest BCUT2D eigenvalue weighted by molar-refractivity contribution is -0.118. The lowest BCUT2D eigenvalue weighted by Crippen LogP contribution is -2.38. The number of nitrogens with two attached hydrogens (primary N) is 1. The molecule has 4 N–H and O–H groups in total. The first-order chi connectivity index (χ1) is 9.01. The van der Waals surface area contributed by atoms with Crippen LogP contribution in [0, 0.1) is 6.92 Å². The summed E-state index contributed by atoms with van der Waals surface area (Å²) in [4.78, 5) is 22.8. The van der Waals surface area contributed by atoms with Crippen LogP contribution in [-0.2, 0) is 4.79 Å². The molecule has 6 nitrogen and oxygen atoms in total. The highest BCUT2D eigenvalue weighted by molar-refractivity contribution is 5.96. The van der Waals surface area contributed by atoms with Crippen molar-refractivity contribution in [3.63, 3.8) is 0 Å². The number of fused-ring (bicyclic) bond motifs is 1. The zero-order valence-electron chi connectivity index (χ0n) is 10.8. The summed E-state index contributed by atoms with van der Waals surface area (Å²) >= 11 is 0. The Labute approximate surface area is 121 Å². The van der Waals surface area contributed by atoms with Crippen LogP contribution < -0.4 is 16.7 Å². The van der Waals surface area contributed by atoms with Crippen molar-refractivity contribution in [1.29, 1.82) is 0 Å². The molecule has 0 saturated heterocycles. The van der Waals surface area contributed by atoms with Crippen LogP contribution in [0.3, 0.4) is 0 Å². The second kappa shape index (κ2) is 6.51. The van der Waals surface area contributed by atoms with E-state index in [1.807, 2.05) is 0 Å².